The van der Waals surface area contributed by atoms with E-state index in [9.17, 15) is 22.8 Å². The Labute approximate surface area is 207 Å². The topological polar surface area (TPSA) is 112 Å². The number of ether oxygens (including phenoxy) is 1. The number of hydrogen-bond donors (Lipinski definition) is 2. The number of imidazole rings is 1. The number of carbonyl (C=O) groups is 2. The largest absolute Gasteiger partial charge is 0.477 e. The molecule has 0 aliphatic heterocycles. The van der Waals surface area contributed by atoms with Gasteiger partial charge in [-0.05, 0) is 64.9 Å². The standard InChI is InChI=1S/C23H23BrF3N5O3/c1-2-22(7-9-35-20-15(18(28)33)4-3-8-29-20)10-14(11-22)30-19(34)17-16-6-5-13(24)12-32(16)21(31-17)23(25,26)27/h3-6,8,12,14H,2,7,9-11H2,1H3,(H2,28,33)(H,30,34)/t14-,22-. The van der Waals surface area contributed by atoms with Crippen LogP contribution in [0.3, 0.4) is 0 Å². The fraction of sp³-hybridized carbons (Fsp3) is 0.391. The summed E-state index contributed by atoms with van der Waals surface area (Å²) in [4.78, 5) is 32.0. The van der Waals surface area contributed by atoms with Crippen LogP contribution in [0.2, 0.25) is 0 Å². The van der Waals surface area contributed by atoms with Crippen molar-refractivity contribution in [2.24, 2.45) is 11.1 Å². The molecular formula is C23H23BrF3N5O3. The number of hydrogen-bond acceptors (Lipinski definition) is 5. The second-order valence-electron chi connectivity index (χ2n) is 8.64. The molecule has 0 unspecified atom stereocenters. The van der Waals surface area contributed by atoms with E-state index in [0.717, 1.165) is 10.8 Å². The minimum atomic E-state index is -4.71. The van der Waals surface area contributed by atoms with Crippen LogP contribution in [-0.2, 0) is 6.18 Å². The molecule has 35 heavy (non-hydrogen) atoms. The van der Waals surface area contributed by atoms with Gasteiger partial charge in [-0.3, -0.25) is 14.0 Å². The van der Waals surface area contributed by atoms with E-state index in [1.807, 2.05) is 6.92 Å². The van der Waals surface area contributed by atoms with E-state index in [0.29, 0.717) is 30.3 Å². The molecule has 186 valence electrons. The van der Waals surface area contributed by atoms with Gasteiger partial charge in [0.25, 0.3) is 11.8 Å². The molecule has 8 nitrogen and oxygen atoms in total. The molecule has 3 N–H and O–H groups in total. The third-order valence-corrected chi connectivity index (χ3v) is 6.89. The second-order valence-corrected chi connectivity index (χ2v) is 9.55. The van der Waals surface area contributed by atoms with Crippen LogP contribution in [0.15, 0.2) is 41.1 Å². The number of alkyl halides is 3. The maximum absolute atomic E-state index is 13.5. The number of amides is 2. The van der Waals surface area contributed by atoms with E-state index in [-0.39, 0.29) is 34.1 Å². The van der Waals surface area contributed by atoms with Crippen molar-refractivity contribution in [3.63, 3.8) is 0 Å². The Kier molecular flexibility index (Phi) is 6.76. The van der Waals surface area contributed by atoms with Gasteiger partial charge in [-0.25, -0.2) is 9.97 Å². The lowest BCUT2D eigenvalue weighted by molar-refractivity contribution is -0.145. The lowest BCUT2D eigenvalue weighted by atomic mass is 9.62. The van der Waals surface area contributed by atoms with Crippen LogP contribution < -0.4 is 15.8 Å². The molecule has 0 atom stereocenters. The van der Waals surface area contributed by atoms with Crippen molar-refractivity contribution in [3.8, 4) is 5.88 Å². The van der Waals surface area contributed by atoms with E-state index in [1.54, 1.807) is 12.1 Å². The summed E-state index contributed by atoms with van der Waals surface area (Å²) in [5.41, 5.74) is 5.26. The van der Waals surface area contributed by atoms with Crippen LogP contribution in [0, 0.1) is 5.41 Å². The SMILES string of the molecule is CC[C@]1(CCOc2ncccc2C(N)=O)C[C@H](NC(=O)c2nc(C(F)(F)F)n3cc(Br)ccc23)C1. The van der Waals surface area contributed by atoms with Gasteiger partial charge in [0.05, 0.1) is 12.1 Å². The van der Waals surface area contributed by atoms with Gasteiger partial charge in [0.15, 0.2) is 5.69 Å². The van der Waals surface area contributed by atoms with Gasteiger partial charge < -0.3 is 15.8 Å². The molecule has 0 aromatic carbocycles. The lowest BCUT2D eigenvalue weighted by Gasteiger charge is -2.47. The molecule has 1 aliphatic rings. The Morgan fingerprint density at radius 1 is 1.31 bits per heavy atom. The Balaban J connectivity index is 1.40. The number of rotatable bonds is 8. The third-order valence-electron chi connectivity index (χ3n) is 6.42. The summed E-state index contributed by atoms with van der Waals surface area (Å²) in [5, 5.41) is 2.82. The monoisotopic (exact) mass is 553 g/mol. The van der Waals surface area contributed by atoms with E-state index >= 15 is 0 Å². The van der Waals surface area contributed by atoms with E-state index in [2.05, 4.69) is 31.2 Å². The van der Waals surface area contributed by atoms with Crippen molar-refractivity contribution in [1.29, 1.82) is 0 Å². The first-order valence-electron chi connectivity index (χ1n) is 11.0. The predicted octanol–water partition coefficient (Wildman–Crippen LogP) is 4.37. The number of nitrogens with two attached hydrogens (primary N) is 1. The van der Waals surface area contributed by atoms with Crippen molar-refractivity contribution in [2.75, 3.05) is 6.61 Å². The highest BCUT2D eigenvalue weighted by Crippen LogP contribution is 2.47. The van der Waals surface area contributed by atoms with Crippen molar-refractivity contribution in [3.05, 3.63) is 58.2 Å². The van der Waals surface area contributed by atoms with E-state index < -0.39 is 23.8 Å². The first-order chi connectivity index (χ1) is 16.5. The van der Waals surface area contributed by atoms with Crippen LogP contribution >= 0.6 is 15.9 Å². The van der Waals surface area contributed by atoms with Gasteiger partial charge >= 0.3 is 6.18 Å². The molecule has 0 radical (unpaired) electrons. The van der Waals surface area contributed by atoms with E-state index in [1.165, 1.54) is 24.5 Å². The number of nitrogens with zero attached hydrogens (tertiary/aromatic N) is 3. The smallest absolute Gasteiger partial charge is 0.450 e. The van der Waals surface area contributed by atoms with Crippen LogP contribution in [-0.4, -0.2) is 38.8 Å². The Morgan fingerprint density at radius 3 is 2.71 bits per heavy atom. The summed E-state index contributed by atoms with van der Waals surface area (Å²) < 4.78 is 47.3. The number of halogens is 4. The van der Waals surface area contributed by atoms with Gasteiger partial charge in [0, 0.05) is 22.9 Å². The fourth-order valence-electron chi connectivity index (χ4n) is 4.50. The fourth-order valence-corrected chi connectivity index (χ4v) is 4.83. The number of pyridine rings is 2. The van der Waals surface area contributed by atoms with Crippen molar-refractivity contribution in [1.82, 2.24) is 19.7 Å². The number of carbonyl (C=O) groups excluding carboxylic acids is 2. The molecule has 1 aliphatic carbocycles. The molecule has 0 spiro atoms. The van der Waals surface area contributed by atoms with Gasteiger partial charge in [0.2, 0.25) is 11.7 Å². The molecule has 12 heteroatoms. The average Bonchev–Trinajstić information content (AvgIpc) is 3.16. The Bertz CT molecular complexity index is 1270. The molecular weight excluding hydrogens is 531 g/mol. The summed E-state index contributed by atoms with van der Waals surface area (Å²) in [5.74, 6) is -2.25. The highest BCUT2D eigenvalue weighted by Gasteiger charge is 2.44. The summed E-state index contributed by atoms with van der Waals surface area (Å²) in [6.45, 7) is 2.34. The first kappa shape index (κ1) is 25.0. The number of fused-ring (bicyclic) bond motifs is 1. The molecule has 0 bridgehead atoms. The molecule has 3 aromatic heterocycles. The van der Waals surface area contributed by atoms with Gasteiger partial charge in [-0.1, -0.05) is 13.3 Å². The highest BCUT2D eigenvalue weighted by molar-refractivity contribution is 9.10. The molecule has 4 rings (SSSR count). The van der Waals surface area contributed by atoms with Crippen molar-refractivity contribution >= 4 is 33.3 Å². The summed E-state index contributed by atoms with van der Waals surface area (Å²) in [7, 11) is 0. The number of primary amides is 1. The van der Waals surface area contributed by atoms with Crippen LogP contribution in [0.25, 0.3) is 5.52 Å². The van der Waals surface area contributed by atoms with Crippen LogP contribution in [0.4, 0.5) is 13.2 Å². The molecule has 3 heterocycles. The minimum absolute atomic E-state index is 0.0770. The van der Waals surface area contributed by atoms with Crippen LogP contribution in [0.1, 0.15) is 59.3 Å². The zero-order chi connectivity index (χ0) is 25.4. The molecule has 1 fully saturated rings. The second kappa shape index (κ2) is 9.48. The van der Waals surface area contributed by atoms with E-state index in [4.69, 9.17) is 10.5 Å². The summed E-state index contributed by atoms with van der Waals surface area (Å²) >= 11 is 3.15. The Hall–Kier alpha value is -3.15. The maximum atomic E-state index is 13.5. The molecule has 2 amide bonds. The van der Waals surface area contributed by atoms with Gasteiger partial charge in [0.1, 0.15) is 5.56 Å². The van der Waals surface area contributed by atoms with Crippen LogP contribution in [0.5, 0.6) is 5.88 Å². The van der Waals surface area contributed by atoms with Gasteiger partial charge in [-0.15, -0.1) is 0 Å². The number of aromatic nitrogens is 3. The van der Waals surface area contributed by atoms with Gasteiger partial charge in [-0.2, -0.15) is 13.2 Å². The zero-order valence-electron chi connectivity index (χ0n) is 18.7. The summed E-state index contributed by atoms with van der Waals surface area (Å²) in [6.07, 6.45) is 0.808. The van der Waals surface area contributed by atoms with Crippen molar-refractivity contribution in [2.45, 2.75) is 44.8 Å². The third kappa shape index (κ3) is 5.12. The normalized spacial score (nSPS) is 19.9. The zero-order valence-corrected chi connectivity index (χ0v) is 20.3. The highest BCUT2D eigenvalue weighted by atomic mass is 79.9. The summed E-state index contributed by atoms with van der Waals surface area (Å²) in [6, 6.07) is 5.93. The first-order valence-corrected chi connectivity index (χ1v) is 11.8. The predicted molar refractivity (Wildman–Crippen MR) is 124 cm³/mol. The maximum Gasteiger partial charge on any atom is 0.450 e. The Morgan fingerprint density at radius 2 is 2.06 bits per heavy atom. The molecule has 1 saturated carbocycles. The van der Waals surface area contributed by atoms with Crippen molar-refractivity contribution < 1.29 is 27.5 Å². The average molecular weight is 554 g/mol. The number of nitrogens with one attached hydrogen (secondary N) is 1. The minimum Gasteiger partial charge on any atom is -0.477 e. The molecule has 0 saturated heterocycles. The molecule has 3 aromatic rings. The quantitative estimate of drug-likeness (QED) is 0.430. The lowest BCUT2D eigenvalue weighted by Crippen LogP contribution is -2.51.